The lowest BCUT2D eigenvalue weighted by molar-refractivity contribution is 0.632. The molecular formula is C15H15FN4S. The fourth-order valence-corrected chi connectivity index (χ4v) is 2.99. The first kappa shape index (κ1) is 13.8. The van der Waals surface area contributed by atoms with Crippen molar-refractivity contribution in [3.63, 3.8) is 0 Å². The number of nitrogens with one attached hydrogen (secondary N) is 1. The van der Waals surface area contributed by atoms with Gasteiger partial charge in [0.1, 0.15) is 0 Å². The van der Waals surface area contributed by atoms with Crippen molar-refractivity contribution in [2.24, 2.45) is 0 Å². The van der Waals surface area contributed by atoms with Crippen LogP contribution in [0.4, 0.5) is 15.8 Å². The summed E-state index contributed by atoms with van der Waals surface area (Å²) < 4.78 is 14.1. The lowest BCUT2D eigenvalue weighted by atomic mass is 10.1. The van der Waals surface area contributed by atoms with Crippen LogP contribution in [0.1, 0.15) is 10.7 Å². The van der Waals surface area contributed by atoms with Crippen molar-refractivity contribution in [1.29, 1.82) is 0 Å². The van der Waals surface area contributed by atoms with Gasteiger partial charge in [0.2, 0.25) is 0 Å². The van der Waals surface area contributed by atoms with Gasteiger partial charge in [-0.2, -0.15) is 0 Å². The number of hydrogen-bond acceptors (Lipinski definition) is 5. The molecule has 0 aliphatic carbocycles. The van der Waals surface area contributed by atoms with E-state index >= 15 is 0 Å². The molecule has 0 fully saturated rings. The second-order valence-corrected chi connectivity index (χ2v) is 5.72. The van der Waals surface area contributed by atoms with Crippen LogP contribution in [-0.4, -0.2) is 16.5 Å². The highest BCUT2D eigenvalue weighted by Gasteiger charge is 2.11. The normalized spacial score (nSPS) is 11.0. The summed E-state index contributed by atoms with van der Waals surface area (Å²) in [7, 11) is 0. The topological polar surface area (TPSA) is 63.8 Å². The fourth-order valence-electron chi connectivity index (χ4n) is 2.22. The van der Waals surface area contributed by atoms with Crippen LogP contribution in [0.5, 0.6) is 0 Å². The molecule has 0 saturated heterocycles. The molecule has 0 aliphatic heterocycles. The Morgan fingerprint density at radius 1 is 1.43 bits per heavy atom. The Morgan fingerprint density at radius 2 is 2.29 bits per heavy atom. The molecule has 3 N–H and O–H groups in total. The van der Waals surface area contributed by atoms with Crippen LogP contribution in [0, 0.1) is 12.7 Å². The zero-order valence-electron chi connectivity index (χ0n) is 11.6. The number of nitrogens with zero attached hydrogens (tertiary/aromatic N) is 2. The third-order valence-corrected chi connectivity index (χ3v) is 4.21. The number of nitrogens with two attached hydrogens (primary N) is 1. The first-order valence-electron chi connectivity index (χ1n) is 6.62. The molecule has 0 atom stereocenters. The Labute approximate surface area is 125 Å². The van der Waals surface area contributed by atoms with Gasteiger partial charge in [-0.05, 0) is 25.1 Å². The Hall–Kier alpha value is -2.21. The van der Waals surface area contributed by atoms with E-state index in [4.69, 9.17) is 5.73 Å². The standard InChI is InChI=1S/C15H15FN4S/c1-9-8-21-13(20-9)4-6-19-15-11(16)7-12(17)10-3-2-5-18-14(10)15/h2-3,5,7-8,19H,4,6,17H2,1H3. The van der Waals surface area contributed by atoms with Crippen LogP contribution in [0.3, 0.4) is 0 Å². The minimum absolute atomic E-state index is 0.381. The molecule has 2 aromatic heterocycles. The number of thiazole rings is 1. The largest absolute Gasteiger partial charge is 0.398 e. The van der Waals surface area contributed by atoms with E-state index in [1.54, 1.807) is 23.6 Å². The van der Waals surface area contributed by atoms with Crippen molar-refractivity contribution in [2.75, 3.05) is 17.6 Å². The molecule has 0 bridgehead atoms. The molecule has 0 amide bonds. The van der Waals surface area contributed by atoms with E-state index in [9.17, 15) is 4.39 Å². The molecule has 0 saturated carbocycles. The molecule has 0 spiro atoms. The van der Waals surface area contributed by atoms with Gasteiger partial charge in [-0.1, -0.05) is 0 Å². The summed E-state index contributed by atoms with van der Waals surface area (Å²) in [6.07, 6.45) is 2.38. The van der Waals surface area contributed by atoms with Gasteiger partial charge in [0.15, 0.2) is 5.82 Å². The van der Waals surface area contributed by atoms with Crippen molar-refractivity contribution in [1.82, 2.24) is 9.97 Å². The lowest BCUT2D eigenvalue weighted by Gasteiger charge is -2.11. The number of benzene rings is 1. The predicted molar refractivity (Wildman–Crippen MR) is 85.2 cm³/mol. The number of aromatic nitrogens is 2. The van der Waals surface area contributed by atoms with Gasteiger partial charge in [-0.3, -0.25) is 4.98 Å². The molecule has 6 heteroatoms. The highest BCUT2D eigenvalue weighted by molar-refractivity contribution is 7.09. The Morgan fingerprint density at radius 3 is 3.05 bits per heavy atom. The van der Waals surface area contributed by atoms with Gasteiger partial charge in [-0.15, -0.1) is 11.3 Å². The molecule has 1 aromatic carbocycles. The zero-order chi connectivity index (χ0) is 14.8. The molecule has 2 heterocycles. The van der Waals surface area contributed by atoms with Crippen LogP contribution in [0.25, 0.3) is 10.9 Å². The van der Waals surface area contributed by atoms with E-state index in [-0.39, 0.29) is 5.82 Å². The maximum Gasteiger partial charge on any atom is 0.150 e. The minimum atomic E-state index is -0.381. The Balaban J connectivity index is 1.83. The zero-order valence-corrected chi connectivity index (χ0v) is 12.4. The van der Waals surface area contributed by atoms with E-state index in [1.807, 2.05) is 18.4 Å². The SMILES string of the molecule is Cc1csc(CCNc2c(F)cc(N)c3cccnc23)n1. The first-order chi connectivity index (χ1) is 10.1. The molecule has 3 rings (SSSR count). The molecular weight excluding hydrogens is 287 g/mol. The quantitative estimate of drug-likeness (QED) is 0.725. The average molecular weight is 302 g/mol. The van der Waals surface area contributed by atoms with E-state index in [1.165, 1.54) is 6.07 Å². The fraction of sp³-hybridized carbons (Fsp3) is 0.200. The summed E-state index contributed by atoms with van der Waals surface area (Å²) in [4.78, 5) is 8.63. The van der Waals surface area contributed by atoms with Gasteiger partial charge < -0.3 is 11.1 Å². The van der Waals surface area contributed by atoms with Crippen LogP contribution in [0.15, 0.2) is 29.8 Å². The first-order valence-corrected chi connectivity index (χ1v) is 7.50. The summed E-state index contributed by atoms with van der Waals surface area (Å²) in [5, 5.41) is 6.92. The number of nitrogen functional groups attached to an aromatic ring is 1. The molecule has 108 valence electrons. The third kappa shape index (κ3) is 2.80. The van der Waals surface area contributed by atoms with Crippen molar-refractivity contribution < 1.29 is 4.39 Å². The molecule has 0 unspecified atom stereocenters. The smallest absolute Gasteiger partial charge is 0.150 e. The van der Waals surface area contributed by atoms with Crippen molar-refractivity contribution in [2.45, 2.75) is 13.3 Å². The van der Waals surface area contributed by atoms with Crippen LogP contribution in [-0.2, 0) is 6.42 Å². The predicted octanol–water partition coefficient (Wildman–Crippen LogP) is 3.38. The number of rotatable bonds is 4. The number of fused-ring (bicyclic) bond motifs is 1. The van der Waals surface area contributed by atoms with Gasteiger partial charge in [0.05, 0.1) is 16.2 Å². The van der Waals surface area contributed by atoms with Gasteiger partial charge in [0.25, 0.3) is 0 Å². The lowest BCUT2D eigenvalue weighted by Crippen LogP contribution is -2.08. The van der Waals surface area contributed by atoms with Crippen molar-refractivity contribution in [3.05, 3.63) is 46.3 Å². The molecule has 0 radical (unpaired) electrons. The molecule has 0 aliphatic rings. The van der Waals surface area contributed by atoms with E-state index in [0.717, 1.165) is 22.5 Å². The molecule has 3 aromatic rings. The third-order valence-electron chi connectivity index (χ3n) is 3.18. The highest BCUT2D eigenvalue weighted by Crippen LogP contribution is 2.29. The second kappa shape index (κ2) is 5.65. The number of aryl methyl sites for hydroxylation is 1. The van der Waals surface area contributed by atoms with E-state index in [0.29, 0.717) is 23.4 Å². The number of pyridine rings is 1. The summed E-state index contributed by atoms with van der Waals surface area (Å²) >= 11 is 1.61. The van der Waals surface area contributed by atoms with Gasteiger partial charge in [-0.25, -0.2) is 9.37 Å². The maximum atomic E-state index is 14.1. The van der Waals surface area contributed by atoms with Crippen molar-refractivity contribution in [3.8, 4) is 0 Å². The number of hydrogen-bond donors (Lipinski definition) is 2. The van der Waals surface area contributed by atoms with Gasteiger partial charge >= 0.3 is 0 Å². The Bertz CT molecular complexity index is 784. The minimum Gasteiger partial charge on any atom is -0.398 e. The van der Waals surface area contributed by atoms with Crippen molar-refractivity contribution >= 4 is 33.6 Å². The van der Waals surface area contributed by atoms with Gasteiger partial charge in [0, 0.05) is 41.3 Å². The number of halogens is 1. The maximum absolute atomic E-state index is 14.1. The van der Waals surface area contributed by atoms with E-state index < -0.39 is 0 Å². The summed E-state index contributed by atoms with van der Waals surface area (Å²) in [6, 6.07) is 4.96. The van der Waals surface area contributed by atoms with E-state index in [2.05, 4.69) is 15.3 Å². The second-order valence-electron chi connectivity index (χ2n) is 4.78. The number of anilines is 2. The van der Waals surface area contributed by atoms with Crippen LogP contribution < -0.4 is 11.1 Å². The summed E-state index contributed by atoms with van der Waals surface area (Å²) in [5.41, 5.74) is 8.20. The summed E-state index contributed by atoms with van der Waals surface area (Å²) in [5.74, 6) is -0.381. The monoisotopic (exact) mass is 302 g/mol. The van der Waals surface area contributed by atoms with Crippen LogP contribution >= 0.6 is 11.3 Å². The molecule has 21 heavy (non-hydrogen) atoms. The highest BCUT2D eigenvalue weighted by atomic mass is 32.1. The Kier molecular flexibility index (Phi) is 3.70. The van der Waals surface area contributed by atoms with Crippen LogP contribution in [0.2, 0.25) is 0 Å². The average Bonchev–Trinajstić information content (AvgIpc) is 2.88. The summed E-state index contributed by atoms with van der Waals surface area (Å²) in [6.45, 7) is 2.56. The molecule has 4 nitrogen and oxygen atoms in total.